The van der Waals surface area contributed by atoms with Crippen molar-refractivity contribution in [2.45, 2.75) is 6.92 Å². The second-order valence-electron chi connectivity index (χ2n) is 3.62. The van der Waals surface area contributed by atoms with E-state index in [2.05, 4.69) is 9.97 Å². The molecular weight excluding hydrogens is 291 g/mol. The first-order chi connectivity index (χ1) is 8.97. The molecule has 0 saturated carbocycles. The van der Waals surface area contributed by atoms with Crippen molar-refractivity contribution < 1.29 is 14.6 Å². The Morgan fingerprint density at radius 2 is 2.11 bits per heavy atom. The fourth-order valence-electron chi connectivity index (χ4n) is 1.34. The summed E-state index contributed by atoms with van der Waals surface area (Å²) in [6, 6.07) is 4.61. The topological polar surface area (TPSA) is 72.3 Å². The molecule has 0 aliphatic rings. The Labute approximate surface area is 118 Å². The first kappa shape index (κ1) is 13.6. The molecule has 1 N–H and O–H groups in total. The SMILES string of the molecule is Cc1ncc(C(=O)O)c(Oc2ccc(Cl)cc2Cl)n1. The fourth-order valence-corrected chi connectivity index (χ4v) is 1.78. The van der Waals surface area contributed by atoms with Crippen LogP contribution in [0.1, 0.15) is 16.2 Å². The lowest BCUT2D eigenvalue weighted by atomic mass is 10.3. The molecule has 0 amide bonds. The molecule has 5 nitrogen and oxygen atoms in total. The zero-order valence-electron chi connectivity index (χ0n) is 9.72. The summed E-state index contributed by atoms with van der Waals surface area (Å²) in [5.41, 5.74) is -0.142. The van der Waals surface area contributed by atoms with Crippen LogP contribution in [0.15, 0.2) is 24.4 Å². The molecule has 0 radical (unpaired) electrons. The van der Waals surface area contributed by atoms with E-state index in [1.54, 1.807) is 13.0 Å². The summed E-state index contributed by atoms with van der Waals surface area (Å²) in [4.78, 5) is 18.8. The van der Waals surface area contributed by atoms with Crippen LogP contribution in [0.5, 0.6) is 11.6 Å². The number of ether oxygens (including phenoxy) is 1. The first-order valence-electron chi connectivity index (χ1n) is 5.17. The van der Waals surface area contributed by atoms with Crippen LogP contribution in [0.25, 0.3) is 0 Å². The highest BCUT2D eigenvalue weighted by Gasteiger charge is 2.16. The highest BCUT2D eigenvalue weighted by Crippen LogP contribution is 2.32. The van der Waals surface area contributed by atoms with Crippen LogP contribution in [0.4, 0.5) is 0 Å². The monoisotopic (exact) mass is 298 g/mol. The molecule has 1 aromatic heterocycles. The Kier molecular flexibility index (Phi) is 3.87. The van der Waals surface area contributed by atoms with Crippen molar-refractivity contribution >= 4 is 29.2 Å². The van der Waals surface area contributed by atoms with E-state index in [0.717, 1.165) is 0 Å². The number of benzene rings is 1. The molecule has 0 unspecified atom stereocenters. The average Bonchev–Trinajstić information content (AvgIpc) is 2.32. The molecule has 19 heavy (non-hydrogen) atoms. The third kappa shape index (κ3) is 3.13. The third-order valence-corrected chi connectivity index (χ3v) is 2.74. The zero-order chi connectivity index (χ0) is 14.0. The second kappa shape index (κ2) is 5.42. The molecule has 7 heteroatoms. The van der Waals surface area contributed by atoms with E-state index in [0.29, 0.717) is 10.8 Å². The van der Waals surface area contributed by atoms with Crippen LogP contribution in [-0.4, -0.2) is 21.0 Å². The molecular formula is C12H8Cl2N2O3. The number of carbonyl (C=O) groups is 1. The number of rotatable bonds is 3. The molecule has 1 aromatic carbocycles. The molecule has 0 atom stereocenters. The summed E-state index contributed by atoms with van der Waals surface area (Å²) in [7, 11) is 0. The number of hydrogen-bond acceptors (Lipinski definition) is 4. The third-order valence-electron chi connectivity index (χ3n) is 2.21. The van der Waals surface area contributed by atoms with E-state index in [9.17, 15) is 4.79 Å². The van der Waals surface area contributed by atoms with E-state index in [4.69, 9.17) is 33.0 Å². The van der Waals surface area contributed by atoms with Crippen molar-refractivity contribution in [3.63, 3.8) is 0 Å². The summed E-state index contributed by atoms with van der Waals surface area (Å²) >= 11 is 11.7. The maximum absolute atomic E-state index is 11.0. The molecule has 2 rings (SSSR count). The lowest BCUT2D eigenvalue weighted by Gasteiger charge is -2.09. The number of hydrogen-bond donors (Lipinski definition) is 1. The Morgan fingerprint density at radius 3 is 2.74 bits per heavy atom. The zero-order valence-corrected chi connectivity index (χ0v) is 11.2. The minimum absolute atomic E-state index is 0.0655. The number of carboxylic acid groups (broad SMARTS) is 1. The Bertz CT molecular complexity index is 647. The van der Waals surface area contributed by atoms with E-state index in [1.165, 1.54) is 18.3 Å². The largest absolute Gasteiger partial charge is 0.477 e. The van der Waals surface area contributed by atoms with Gasteiger partial charge in [-0.3, -0.25) is 0 Å². The van der Waals surface area contributed by atoms with Crippen LogP contribution in [0.3, 0.4) is 0 Å². The van der Waals surface area contributed by atoms with E-state index in [1.807, 2.05) is 0 Å². The Hall–Kier alpha value is -1.85. The van der Waals surface area contributed by atoms with Crippen LogP contribution < -0.4 is 4.74 Å². The Balaban J connectivity index is 2.42. The summed E-state index contributed by atoms with van der Waals surface area (Å²) in [6.45, 7) is 1.63. The van der Waals surface area contributed by atoms with Crippen molar-refractivity contribution in [3.8, 4) is 11.6 Å². The summed E-state index contributed by atoms with van der Waals surface area (Å²) < 4.78 is 5.41. The van der Waals surface area contributed by atoms with Gasteiger partial charge in [-0.2, -0.15) is 4.98 Å². The number of nitrogens with zero attached hydrogens (tertiary/aromatic N) is 2. The van der Waals surface area contributed by atoms with Crippen LogP contribution in [-0.2, 0) is 0 Å². The van der Waals surface area contributed by atoms with E-state index < -0.39 is 5.97 Å². The van der Waals surface area contributed by atoms with Crippen molar-refractivity contribution in [1.82, 2.24) is 9.97 Å². The summed E-state index contributed by atoms with van der Waals surface area (Å²) in [6.07, 6.45) is 1.18. The lowest BCUT2D eigenvalue weighted by Crippen LogP contribution is -2.04. The van der Waals surface area contributed by atoms with Gasteiger partial charge in [-0.1, -0.05) is 23.2 Å². The van der Waals surface area contributed by atoms with Gasteiger partial charge in [0.2, 0.25) is 5.88 Å². The smallest absolute Gasteiger partial charge is 0.342 e. The van der Waals surface area contributed by atoms with Crippen molar-refractivity contribution in [1.29, 1.82) is 0 Å². The maximum atomic E-state index is 11.0. The highest BCUT2D eigenvalue weighted by molar-refractivity contribution is 6.35. The molecule has 98 valence electrons. The summed E-state index contributed by atoms with van der Waals surface area (Å²) in [5.74, 6) is -0.582. The highest BCUT2D eigenvalue weighted by atomic mass is 35.5. The van der Waals surface area contributed by atoms with Gasteiger partial charge in [0.15, 0.2) is 0 Å². The van der Waals surface area contributed by atoms with Gasteiger partial charge in [-0.15, -0.1) is 0 Å². The normalized spacial score (nSPS) is 10.3. The quantitative estimate of drug-likeness (QED) is 0.937. The lowest BCUT2D eigenvalue weighted by molar-refractivity contribution is 0.0693. The van der Waals surface area contributed by atoms with Crippen LogP contribution in [0.2, 0.25) is 10.0 Å². The standard InChI is InChI=1S/C12H8Cl2N2O3/c1-6-15-5-8(12(17)18)11(16-6)19-10-3-2-7(13)4-9(10)14/h2-5H,1H3,(H,17,18). The van der Waals surface area contributed by atoms with Gasteiger partial charge in [0.05, 0.1) is 5.02 Å². The maximum Gasteiger partial charge on any atom is 0.342 e. The number of aromatic nitrogens is 2. The van der Waals surface area contributed by atoms with Crippen molar-refractivity contribution in [2.75, 3.05) is 0 Å². The minimum Gasteiger partial charge on any atom is -0.477 e. The molecule has 0 saturated heterocycles. The molecule has 0 bridgehead atoms. The van der Waals surface area contributed by atoms with Crippen molar-refractivity contribution in [3.05, 3.63) is 45.8 Å². The predicted octanol–water partition coefficient (Wildman–Crippen LogP) is 3.58. The van der Waals surface area contributed by atoms with Gasteiger partial charge in [-0.05, 0) is 25.1 Å². The predicted molar refractivity (Wildman–Crippen MR) is 70.3 cm³/mol. The minimum atomic E-state index is -1.18. The van der Waals surface area contributed by atoms with Crippen molar-refractivity contribution in [2.24, 2.45) is 0 Å². The van der Waals surface area contributed by atoms with Gasteiger partial charge in [0.25, 0.3) is 0 Å². The number of aryl methyl sites for hydroxylation is 1. The molecule has 0 spiro atoms. The number of aromatic carboxylic acids is 1. The second-order valence-corrected chi connectivity index (χ2v) is 4.46. The first-order valence-corrected chi connectivity index (χ1v) is 5.93. The van der Waals surface area contributed by atoms with Gasteiger partial charge in [-0.25, -0.2) is 9.78 Å². The van der Waals surface area contributed by atoms with E-state index in [-0.39, 0.29) is 22.2 Å². The average molecular weight is 299 g/mol. The molecule has 2 aromatic rings. The number of halogens is 2. The van der Waals surface area contributed by atoms with Gasteiger partial charge < -0.3 is 9.84 Å². The molecule has 0 fully saturated rings. The Morgan fingerprint density at radius 1 is 1.37 bits per heavy atom. The molecule has 1 heterocycles. The van der Waals surface area contributed by atoms with Gasteiger partial charge in [0.1, 0.15) is 17.1 Å². The molecule has 0 aliphatic heterocycles. The van der Waals surface area contributed by atoms with Gasteiger partial charge >= 0.3 is 5.97 Å². The summed E-state index contributed by atoms with van der Waals surface area (Å²) in [5, 5.41) is 9.75. The molecule has 0 aliphatic carbocycles. The van der Waals surface area contributed by atoms with E-state index >= 15 is 0 Å². The van der Waals surface area contributed by atoms with Crippen LogP contribution >= 0.6 is 23.2 Å². The number of carboxylic acids is 1. The van der Waals surface area contributed by atoms with Gasteiger partial charge in [0, 0.05) is 11.2 Å². The van der Waals surface area contributed by atoms with Crippen LogP contribution in [0, 0.1) is 6.92 Å². The fraction of sp³-hybridized carbons (Fsp3) is 0.0833.